The van der Waals surface area contributed by atoms with Crippen LogP contribution in [0.1, 0.15) is 15.2 Å². The van der Waals surface area contributed by atoms with Gasteiger partial charge < -0.3 is 4.90 Å². The van der Waals surface area contributed by atoms with Gasteiger partial charge in [0.05, 0.1) is 11.1 Å². The molecule has 0 saturated heterocycles. The minimum atomic E-state index is 0.673. The number of carbonyl (C=O) groups is 1. The van der Waals surface area contributed by atoms with Gasteiger partial charge in [0.25, 0.3) is 0 Å². The molecule has 0 radical (unpaired) electrons. The van der Waals surface area contributed by atoms with Gasteiger partial charge in [-0.2, -0.15) is 0 Å². The minimum absolute atomic E-state index is 0.673. The first-order valence-electron chi connectivity index (χ1n) is 5.45. The van der Waals surface area contributed by atoms with Crippen LogP contribution in [-0.4, -0.2) is 24.9 Å². The first kappa shape index (κ1) is 11.8. The zero-order chi connectivity index (χ0) is 12.1. The highest BCUT2D eigenvalue weighted by Crippen LogP contribution is 2.20. The summed E-state index contributed by atoms with van der Waals surface area (Å²) in [6.45, 7) is 0.899. The Bertz CT molecular complexity index is 481. The topological polar surface area (TPSA) is 33.2 Å². The predicted molar refractivity (Wildman–Crippen MR) is 70.9 cm³/mol. The van der Waals surface area contributed by atoms with Crippen LogP contribution in [0.25, 0.3) is 0 Å². The molecule has 0 unspecified atom stereocenters. The molecule has 0 bridgehead atoms. The summed E-state index contributed by atoms with van der Waals surface area (Å²) in [6.07, 6.45) is 3.44. The Morgan fingerprint density at radius 1 is 1.35 bits per heavy atom. The highest BCUT2D eigenvalue weighted by molar-refractivity contribution is 7.17. The van der Waals surface area contributed by atoms with Gasteiger partial charge in [0.15, 0.2) is 11.4 Å². The maximum atomic E-state index is 10.6. The van der Waals surface area contributed by atoms with Crippen molar-refractivity contribution in [1.82, 2.24) is 4.98 Å². The van der Waals surface area contributed by atoms with Crippen LogP contribution in [0.15, 0.2) is 36.5 Å². The summed E-state index contributed by atoms with van der Waals surface area (Å²) in [5.41, 5.74) is 1.31. The Morgan fingerprint density at radius 2 is 2.12 bits per heavy atom. The van der Waals surface area contributed by atoms with E-state index >= 15 is 0 Å². The molecule has 0 atom stereocenters. The third-order valence-electron chi connectivity index (χ3n) is 2.53. The minimum Gasteiger partial charge on any atom is -0.351 e. The molecule has 1 aromatic heterocycles. The number of rotatable bonds is 5. The van der Waals surface area contributed by atoms with Crippen molar-refractivity contribution < 1.29 is 4.79 Å². The normalized spacial score (nSPS) is 10.2. The molecule has 1 aromatic carbocycles. The quantitative estimate of drug-likeness (QED) is 0.760. The summed E-state index contributed by atoms with van der Waals surface area (Å²) >= 11 is 1.42. The van der Waals surface area contributed by atoms with Crippen LogP contribution in [0.5, 0.6) is 0 Å². The number of hydrogen-bond donors (Lipinski definition) is 0. The van der Waals surface area contributed by atoms with E-state index in [1.165, 1.54) is 16.9 Å². The molecule has 2 rings (SSSR count). The SMILES string of the molecule is CN(CCc1ccccc1)c1ncc(C=O)s1. The van der Waals surface area contributed by atoms with E-state index in [0.29, 0.717) is 4.88 Å². The van der Waals surface area contributed by atoms with Crippen LogP contribution >= 0.6 is 11.3 Å². The molecule has 0 fully saturated rings. The first-order chi connectivity index (χ1) is 8.29. The number of aldehydes is 1. The number of thiazole rings is 1. The number of anilines is 1. The second-order valence-corrected chi connectivity index (χ2v) is 4.86. The lowest BCUT2D eigenvalue weighted by Crippen LogP contribution is -2.19. The van der Waals surface area contributed by atoms with Gasteiger partial charge in [-0.3, -0.25) is 4.79 Å². The van der Waals surface area contributed by atoms with E-state index < -0.39 is 0 Å². The summed E-state index contributed by atoms with van der Waals surface area (Å²) in [6, 6.07) is 10.3. The van der Waals surface area contributed by atoms with E-state index in [9.17, 15) is 4.79 Å². The molecular weight excluding hydrogens is 232 g/mol. The lowest BCUT2D eigenvalue weighted by atomic mass is 10.1. The maximum absolute atomic E-state index is 10.6. The number of aromatic nitrogens is 1. The zero-order valence-electron chi connectivity index (χ0n) is 9.67. The van der Waals surface area contributed by atoms with Crippen LogP contribution in [0.2, 0.25) is 0 Å². The van der Waals surface area contributed by atoms with E-state index in [4.69, 9.17) is 0 Å². The highest BCUT2D eigenvalue weighted by atomic mass is 32.1. The molecule has 0 aliphatic rings. The van der Waals surface area contributed by atoms with Crippen LogP contribution in [0.3, 0.4) is 0 Å². The van der Waals surface area contributed by atoms with E-state index in [2.05, 4.69) is 22.0 Å². The molecule has 0 aliphatic heterocycles. The Balaban J connectivity index is 1.93. The van der Waals surface area contributed by atoms with Crippen molar-refractivity contribution >= 4 is 22.8 Å². The highest BCUT2D eigenvalue weighted by Gasteiger charge is 2.06. The van der Waals surface area contributed by atoms with Crippen molar-refractivity contribution in [3.05, 3.63) is 47.0 Å². The molecule has 3 nitrogen and oxygen atoms in total. The Hall–Kier alpha value is -1.68. The van der Waals surface area contributed by atoms with Crippen molar-refractivity contribution in [2.75, 3.05) is 18.5 Å². The Kier molecular flexibility index (Phi) is 3.88. The van der Waals surface area contributed by atoms with Gasteiger partial charge in [-0.1, -0.05) is 41.7 Å². The van der Waals surface area contributed by atoms with Gasteiger partial charge in [0, 0.05) is 13.6 Å². The lowest BCUT2D eigenvalue weighted by Gasteiger charge is -2.15. The van der Waals surface area contributed by atoms with Crippen molar-refractivity contribution in [1.29, 1.82) is 0 Å². The lowest BCUT2D eigenvalue weighted by molar-refractivity contribution is 0.112. The average molecular weight is 246 g/mol. The van der Waals surface area contributed by atoms with Crippen LogP contribution in [0.4, 0.5) is 5.13 Å². The molecule has 4 heteroatoms. The number of hydrogen-bond acceptors (Lipinski definition) is 4. The van der Waals surface area contributed by atoms with Gasteiger partial charge in [0.1, 0.15) is 0 Å². The van der Waals surface area contributed by atoms with E-state index in [0.717, 1.165) is 24.4 Å². The van der Waals surface area contributed by atoms with E-state index in [1.54, 1.807) is 6.20 Å². The standard InChI is InChI=1S/C13H14N2OS/c1-15(13-14-9-12(10-16)17-13)8-7-11-5-3-2-4-6-11/h2-6,9-10H,7-8H2,1H3. The largest absolute Gasteiger partial charge is 0.351 e. The summed E-state index contributed by atoms with van der Waals surface area (Å²) in [7, 11) is 2.00. The third kappa shape index (κ3) is 3.14. The number of carbonyl (C=O) groups excluding carboxylic acids is 1. The fourth-order valence-corrected chi connectivity index (χ4v) is 2.26. The smallest absolute Gasteiger partial charge is 0.185 e. The number of likely N-dealkylation sites (N-methyl/N-ethyl adjacent to an activating group) is 1. The van der Waals surface area contributed by atoms with Crippen LogP contribution < -0.4 is 4.90 Å². The summed E-state index contributed by atoms with van der Waals surface area (Å²) in [5.74, 6) is 0. The van der Waals surface area contributed by atoms with Gasteiger partial charge in [0.2, 0.25) is 0 Å². The van der Waals surface area contributed by atoms with Crippen molar-refractivity contribution in [2.24, 2.45) is 0 Å². The zero-order valence-corrected chi connectivity index (χ0v) is 10.5. The molecule has 88 valence electrons. The van der Waals surface area contributed by atoms with Crippen LogP contribution in [-0.2, 0) is 6.42 Å². The maximum Gasteiger partial charge on any atom is 0.185 e. The third-order valence-corrected chi connectivity index (χ3v) is 3.57. The molecule has 0 aliphatic carbocycles. The monoisotopic (exact) mass is 246 g/mol. The van der Waals surface area contributed by atoms with Gasteiger partial charge in [-0.05, 0) is 12.0 Å². The first-order valence-corrected chi connectivity index (χ1v) is 6.27. The molecule has 0 spiro atoms. The molecule has 0 saturated carbocycles. The summed E-state index contributed by atoms with van der Waals surface area (Å²) in [5, 5.41) is 0.892. The average Bonchev–Trinajstić information content (AvgIpc) is 2.86. The van der Waals surface area contributed by atoms with E-state index in [1.807, 2.05) is 25.2 Å². The van der Waals surface area contributed by atoms with Gasteiger partial charge in [-0.15, -0.1) is 0 Å². The second-order valence-electron chi connectivity index (χ2n) is 3.82. The van der Waals surface area contributed by atoms with E-state index in [-0.39, 0.29) is 0 Å². The fraction of sp³-hybridized carbons (Fsp3) is 0.231. The second kappa shape index (κ2) is 5.59. The molecule has 1 heterocycles. The molecule has 0 N–H and O–H groups in total. The van der Waals surface area contributed by atoms with Crippen molar-refractivity contribution in [3.63, 3.8) is 0 Å². The van der Waals surface area contributed by atoms with Crippen LogP contribution in [0, 0.1) is 0 Å². The Morgan fingerprint density at radius 3 is 2.76 bits per heavy atom. The van der Waals surface area contributed by atoms with Gasteiger partial charge in [-0.25, -0.2) is 4.98 Å². The Labute approximate surface area is 105 Å². The number of benzene rings is 1. The predicted octanol–water partition coefficient (Wildman–Crippen LogP) is 2.63. The van der Waals surface area contributed by atoms with Gasteiger partial charge >= 0.3 is 0 Å². The molecule has 0 amide bonds. The number of nitrogens with zero attached hydrogens (tertiary/aromatic N) is 2. The molecule has 17 heavy (non-hydrogen) atoms. The summed E-state index contributed by atoms with van der Waals surface area (Å²) < 4.78 is 0. The van der Waals surface area contributed by atoms with Crippen molar-refractivity contribution in [3.8, 4) is 0 Å². The molecule has 2 aromatic rings. The fourth-order valence-electron chi connectivity index (χ4n) is 1.55. The molecular formula is C13H14N2OS. The van der Waals surface area contributed by atoms with Crippen molar-refractivity contribution in [2.45, 2.75) is 6.42 Å². The summed E-state index contributed by atoms with van der Waals surface area (Å²) in [4.78, 5) is 17.5.